The Kier molecular flexibility index (Phi) is 8.20. The molecule has 5 heteroatoms. The third-order valence-corrected chi connectivity index (χ3v) is 5.54. The Balaban J connectivity index is 0.00000288. The molecule has 2 N–H and O–H groups in total. The van der Waals surface area contributed by atoms with E-state index in [4.69, 9.17) is 4.74 Å². The Morgan fingerprint density at radius 3 is 2.29 bits per heavy atom. The Bertz CT molecular complexity index is 497. The highest BCUT2D eigenvalue weighted by molar-refractivity contribution is 5.85. The van der Waals surface area contributed by atoms with Gasteiger partial charge >= 0.3 is 0 Å². The van der Waals surface area contributed by atoms with E-state index < -0.39 is 5.60 Å². The van der Waals surface area contributed by atoms with Gasteiger partial charge in [-0.25, -0.2) is 0 Å². The van der Waals surface area contributed by atoms with Gasteiger partial charge in [-0.2, -0.15) is 0 Å². The largest absolute Gasteiger partial charge is 0.368 e. The Hall–Kier alpha value is -1.10. The van der Waals surface area contributed by atoms with Gasteiger partial charge in [0.2, 0.25) is 0 Å². The summed E-state index contributed by atoms with van der Waals surface area (Å²) in [5.74, 6) is 0.0312. The van der Waals surface area contributed by atoms with Gasteiger partial charge in [-0.3, -0.25) is 4.79 Å². The molecule has 136 valence electrons. The zero-order chi connectivity index (χ0) is 16.8. The third-order valence-electron chi connectivity index (χ3n) is 5.54. The van der Waals surface area contributed by atoms with Gasteiger partial charge in [-0.05, 0) is 44.3 Å². The number of hydrogen-bond donors (Lipinski definition) is 2. The van der Waals surface area contributed by atoms with Crippen LogP contribution in [0.4, 0.5) is 0 Å². The quantitative estimate of drug-likeness (QED) is 0.791. The second-order valence-electron chi connectivity index (χ2n) is 6.48. The molecule has 2 rings (SSSR count). The van der Waals surface area contributed by atoms with Gasteiger partial charge in [0.05, 0.1) is 0 Å². The maximum Gasteiger partial charge on any atom is 0.252 e. The van der Waals surface area contributed by atoms with Crippen molar-refractivity contribution in [1.29, 1.82) is 0 Å². The van der Waals surface area contributed by atoms with Crippen molar-refractivity contribution in [2.24, 2.45) is 0 Å². The fraction of sp³-hybridized carbons (Fsp3) is 0.632. The maximum atomic E-state index is 12.8. The summed E-state index contributed by atoms with van der Waals surface area (Å²) in [7, 11) is 1.65. The minimum Gasteiger partial charge on any atom is -0.368 e. The molecule has 1 fully saturated rings. The summed E-state index contributed by atoms with van der Waals surface area (Å²) >= 11 is 0. The minimum atomic E-state index is -0.671. The van der Waals surface area contributed by atoms with Crippen LogP contribution in [0.5, 0.6) is 0 Å². The van der Waals surface area contributed by atoms with Crippen molar-refractivity contribution < 1.29 is 9.53 Å². The lowest BCUT2D eigenvalue weighted by Gasteiger charge is -2.37. The van der Waals surface area contributed by atoms with Crippen LogP contribution in [-0.4, -0.2) is 38.3 Å². The van der Waals surface area contributed by atoms with Crippen molar-refractivity contribution >= 4 is 18.3 Å². The van der Waals surface area contributed by atoms with E-state index in [1.165, 1.54) is 5.56 Å². The number of methoxy groups -OCH3 is 1. The lowest BCUT2D eigenvalue weighted by atomic mass is 9.75. The van der Waals surface area contributed by atoms with E-state index in [1.54, 1.807) is 7.11 Å². The Morgan fingerprint density at radius 2 is 1.79 bits per heavy atom. The predicted molar refractivity (Wildman–Crippen MR) is 101 cm³/mol. The molecular weight excluding hydrogens is 324 g/mol. The number of ether oxygens (including phenoxy) is 1. The topological polar surface area (TPSA) is 50.4 Å². The molecule has 0 atom stereocenters. The van der Waals surface area contributed by atoms with Crippen molar-refractivity contribution in [3.63, 3.8) is 0 Å². The first-order valence-electron chi connectivity index (χ1n) is 8.72. The van der Waals surface area contributed by atoms with E-state index in [0.29, 0.717) is 6.54 Å². The molecule has 0 unspecified atom stereocenters. The number of amides is 1. The van der Waals surface area contributed by atoms with Crippen LogP contribution in [-0.2, 0) is 14.9 Å². The van der Waals surface area contributed by atoms with Gasteiger partial charge < -0.3 is 15.4 Å². The van der Waals surface area contributed by atoms with Crippen LogP contribution >= 0.6 is 12.4 Å². The molecule has 0 spiro atoms. The molecular formula is C19H31ClN2O2. The van der Waals surface area contributed by atoms with Crippen molar-refractivity contribution in [2.75, 3.05) is 26.7 Å². The van der Waals surface area contributed by atoms with Crippen LogP contribution in [0, 0.1) is 0 Å². The van der Waals surface area contributed by atoms with Crippen LogP contribution in [0.15, 0.2) is 30.3 Å². The first-order chi connectivity index (χ1) is 11.1. The maximum absolute atomic E-state index is 12.8. The van der Waals surface area contributed by atoms with Crippen molar-refractivity contribution in [3.05, 3.63) is 35.9 Å². The molecule has 1 aliphatic rings. The highest BCUT2D eigenvalue weighted by Gasteiger charge is 2.40. The molecule has 1 amide bonds. The van der Waals surface area contributed by atoms with E-state index >= 15 is 0 Å². The molecule has 1 aromatic carbocycles. The number of carbonyl (C=O) groups excluding carboxylic acids is 1. The SMILES string of the molecule is CCC(CC)(CNC(=O)C1(OC)CCNCC1)c1ccccc1.Cl. The number of piperidine rings is 1. The molecule has 0 aliphatic carbocycles. The van der Waals surface area contributed by atoms with Crippen LogP contribution in [0.1, 0.15) is 45.1 Å². The highest BCUT2D eigenvalue weighted by Crippen LogP contribution is 2.31. The molecule has 0 radical (unpaired) electrons. The number of rotatable bonds is 7. The van der Waals surface area contributed by atoms with Crippen molar-refractivity contribution in [3.8, 4) is 0 Å². The van der Waals surface area contributed by atoms with Gasteiger partial charge in [0.25, 0.3) is 5.91 Å². The summed E-state index contributed by atoms with van der Waals surface area (Å²) in [6, 6.07) is 10.5. The molecule has 1 heterocycles. The second kappa shape index (κ2) is 9.40. The van der Waals surface area contributed by atoms with Gasteiger partial charge in [0.15, 0.2) is 0 Å². The fourth-order valence-corrected chi connectivity index (χ4v) is 3.57. The Morgan fingerprint density at radius 1 is 1.21 bits per heavy atom. The van der Waals surface area contributed by atoms with E-state index in [0.717, 1.165) is 38.8 Å². The smallest absolute Gasteiger partial charge is 0.252 e. The zero-order valence-electron chi connectivity index (χ0n) is 15.1. The molecule has 1 aliphatic heterocycles. The van der Waals surface area contributed by atoms with E-state index in [2.05, 4.69) is 48.7 Å². The molecule has 4 nitrogen and oxygen atoms in total. The monoisotopic (exact) mass is 354 g/mol. The summed E-state index contributed by atoms with van der Waals surface area (Å²) in [5.41, 5.74) is 0.607. The number of carbonyl (C=O) groups is 1. The molecule has 0 aromatic heterocycles. The number of halogens is 1. The molecule has 1 aromatic rings. The summed E-state index contributed by atoms with van der Waals surface area (Å²) in [6.45, 7) is 6.69. The van der Waals surface area contributed by atoms with Crippen molar-refractivity contribution in [2.45, 2.75) is 50.5 Å². The zero-order valence-corrected chi connectivity index (χ0v) is 15.9. The van der Waals surface area contributed by atoms with E-state index in [9.17, 15) is 4.79 Å². The standard InChI is InChI=1S/C19H30N2O2.ClH/c1-4-18(5-2,16-9-7-6-8-10-16)15-21-17(22)19(23-3)11-13-20-14-12-19;/h6-10,20H,4-5,11-15H2,1-3H3,(H,21,22);1H. The Labute approximate surface area is 152 Å². The number of benzene rings is 1. The van der Waals surface area contributed by atoms with Crippen LogP contribution in [0.3, 0.4) is 0 Å². The van der Waals surface area contributed by atoms with Gasteiger partial charge in [0.1, 0.15) is 5.60 Å². The first-order valence-corrected chi connectivity index (χ1v) is 8.72. The summed E-state index contributed by atoms with van der Waals surface area (Å²) < 4.78 is 5.63. The van der Waals surface area contributed by atoms with Gasteiger partial charge in [0, 0.05) is 19.1 Å². The summed E-state index contributed by atoms with van der Waals surface area (Å²) in [4.78, 5) is 12.8. The number of nitrogens with one attached hydrogen (secondary N) is 2. The van der Waals surface area contributed by atoms with Gasteiger partial charge in [-0.1, -0.05) is 44.2 Å². The van der Waals surface area contributed by atoms with E-state index in [-0.39, 0.29) is 23.7 Å². The molecule has 0 bridgehead atoms. The molecule has 0 saturated carbocycles. The normalized spacial score (nSPS) is 17.0. The lowest BCUT2D eigenvalue weighted by Crippen LogP contribution is -2.56. The fourth-order valence-electron chi connectivity index (χ4n) is 3.57. The number of hydrogen-bond acceptors (Lipinski definition) is 3. The second-order valence-corrected chi connectivity index (χ2v) is 6.48. The third kappa shape index (κ3) is 4.29. The first kappa shape index (κ1) is 20.9. The lowest BCUT2D eigenvalue weighted by molar-refractivity contribution is -0.147. The average Bonchev–Trinajstić information content (AvgIpc) is 2.64. The average molecular weight is 355 g/mol. The summed E-state index contributed by atoms with van der Waals surface area (Å²) in [5, 5.41) is 6.48. The minimum absolute atomic E-state index is 0. The summed E-state index contributed by atoms with van der Waals surface area (Å²) in [6.07, 6.45) is 3.45. The van der Waals surface area contributed by atoms with Crippen LogP contribution in [0.2, 0.25) is 0 Å². The highest BCUT2D eigenvalue weighted by atomic mass is 35.5. The molecule has 1 saturated heterocycles. The van der Waals surface area contributed by atoms with Crippen molar-refractivity contribution in [1.82, 2.24) is 10.6 Å². The van der Waals surface area contributed by atoms with E-state index in [1.807, 2.05) is 6.07 Å². The van der Waals surface area contributed by atoms with Crippen LogP contribution < -0.4 is 10.6 Å². The molecule has 24 heavy (non-hydrogen) atoms. The van der Waals surface area contributed by atoms with Crippen LogP contribution in [0.25, 0.3) is 0 Å². The van der Waals surface area contributed by atoms with Gasteiger partial charge in [-0.15, -0.1) is 12.4 Å². The predicted octanol–water partition coefficient (Wildman–Crippen LogP) is 3.05.